The maximum atomic E-state index is 12.7. The highest BCUT2D eigenvalue weighted by molar-refractivity contribution is 5.33. The van der Waals surface area contributed by atoms with Crippen LogP contribution in [0.15, 0.2) is 28.0 Å². The second-order valence-electron chi connectivity index (χ2n) is 8.14. The third kappa shape index (κ3) is 3.37. The van der Waals surface area contributed by atoms with Gasteiger partial charge in [0.15, 0.2) is 5.82 Å². The van der Waals surface area contributed by atoms with Gasteiger partial charge in [0.2, 0.25) is 0 Å². The topological polar surface area (TPSA) is 91.0 Å². The van der Waals surface area contributed by atoms with Crippen LogP contribution >= 0.6 is 0 Å². The fourth-order valence-corrected chi connectivity index (χ4v) is 4.18. The highest BCUT2D eigenvalue weighted by Gasteiger charge is 2.33. The van der Waals surface area contributed by atoms with Gasteiger partial charge in [-0.1, -0.05) is 0 Å². The first-order valence-electron chi connectivity index (χ1n) is 10.2. The molecule has 2 unspecified atom stereocenters. The Morgan fingerprint density at radius 1 is 1.18 bits per heavy atom. The Morgan fingerprint density at radius 3 is 2.89 bits per heavy atom. The summed E-state index contributed by atoms with van der Waals surface area (Å²) in [6.45, 7) is 1.55. The molecule has 0 radical (unpaired) electrons. The van der Waals surface area contributed by atoms with Crippen LogP contribution in [0.1, 0.15) is 43.0 Å². The van der Waals surface area contributed by atoms with E-state index in [-0.39, 0.29) is 23.2 Å². The molecule has 8 nitrogen and oxygen atoms in total. The molecule has 8 heteroatoms. The summed E-state index contributed by atoms with van der Waals surface area (Å²) in [7, 11) is 0. The van der Waals surface area contributed by atoms with E-state index in [2.05, 4.69) is 15.4 Å². The molecule has 148 valence electrons. The van der Waals surface area contributed by atoms with Crippen molar-refractivity contribution in [1.82, 2.24) is 19.3 Å². The monoisotopic (exact) mass is 383 g/mol. The zero-order valence-electron chi connectivity index (χ0n) is 15.8. The molecule has 28 heavy (non-hydrogen) atoms. The molecule has 2 aromatic rings. The van der Waals surface area contributed by atoms with Crippen LogP contribution in [0, 0.1) is 5.92 Å². The first-order valence-corrected chi connectivity index (χ1v) is 10.2. The van der Waals surface area contributed by atoms with E-state index in [0.717, 1.165) is 43.5 Å². The summed E-state index contributed by atoms with van der Waals surface area (Å²) in [5.41, 5.74) is 1.87. The van der Waals surface area contributed by atoms with Crippen molar-refractivity contribution >= 4 is 5.82 Å². The third-order valence-corrected chi connectivity index (χ3v) is 5.98. The number of nitrogens with one attached hydrogen (secondary N) is 1. The number of rotatable bonds is 5. The van der Waals surface area contributed by atoms with Crippen molar-refractivity contribution in [2.45, 2.75) is 57.2 Å². The molecule has 0 spiro atoms. The largest absolute Gasteiger partial charge is 0.377 e. The van der Waals surface area contributed by atoms with E-state index in [1.807, 2.05) is 0 Å². The van der Waals surface area contributed by atoms with Crippen molar-refractivity contribution in [1.29, 1.82) is 0 Å². The Hall–Kier alpha value is -2.48. The molecule has 2 atom stereocenters. The predicted octanol–water partition coefficient (Wildman–Crippen LogP) is 1.14. The number of anilines is 1. The standard InChI is InChI=1S/C20H25N5O3/c26-18-9-14-3-1-2-4-15(14)23-25(18)17-12-28-11-16(17)22-19-20(27)24(8-7-21-19)10-13-5-6-13/h7-9,13,16-17H,1-6,10-12H2,(H,21,22). The molecule has 0 amide bonds. The van der Waals surface area contributed by atoms with Crippen molar-refractivity contribution in [2.24, 2.45) is 5.92 Å². The minimum Gasteiger partial charge on any atom is -0.377 e. The van der Waals surface area contributed by atoms with Gasteiger partial charge in [0.05, 0.1) is 24.9 Å². The maximum Gasteiger partial charge on any atom is 0.293 e. The average molecular weight is 383 g/mol. The second-order valence-corrected chi connectivity index (χ2v) is 8.14. The van der Waals surface area contributed by atoms with Gasteiger partial charge in [-0.15, -0.1) is 0 Å². The molecule has 1 saturated carbocycles. The lowest BCUT2D eigenvalue weighted by Gasteiger charge is -2.23. The van der Waals surface area contributed by atoms with Crippen molar-refractivity contribution < 1.29 is 4.74 Å². The lowest BCUT2D eigenvalue weighted by molar-refractivity contribution is 0.182. The van der Waals surface area contributed by atoms with Gasteiger partial charge in [-0.25, -0.2) is 9.67 Å². The smallest absolute Gasteiger partial charge is 0.293 e. The molecular formula is C20H25N5O3. The first-order chi connectivity index (χ1) is 13.7. The van der Waals surface area contributed by atoms with E-state index >= 15 is 0 Å². The summed E-state index contributed by atoms with van der Waals surface area (Å²) < 4.78 is 8.91. The predicted molar refractivity (Wildman–Crippen MR) is 104 cm³/mol. The van der Waals surface area contributed by atoms with Gasteiger partial charge in [-0.2, -0.15) is 5.10 Å². The summed E-state index contributed by atoms with van der Waals surface area (Å²) >= 11 is 0. The third-order valence-electron chi connectivity index (χ3n) is 5.98. The summed E-state index contributed by atoms with van der Waals surface area (Å²) in [6, 6.07) is 1.25. The van der Waals surface area contributed by atoms with Crippen LogP contribution in [-0.2, 0) is 24.1 Å². The van der Waals surface area contributed by atoms with E-state index < -0.39 is 0 Å². The van der Waals surface area contributed by atoms with Gasteiger partial charge in [-0.05, 0) is 50.0 Å². The summed E-state index contributed by atoms with van der Waals surface area (Å²) in [4.78, 5) is 29.6. The van der Waals surface area contributed by atoms with Crippen molar-refractivity contribution in [2.75, 3.05) is 18.5 Å². The summed E-state index contributed by atoms with van der Waals surface area (Å²) in [5, 5.41) is 7.88. The quantitative estimate of drug-likeness (QED) is 0.833. The highest BCUT2D eigenvalue weighted by atomic mass is 16.5. The zero-order chi connectivity index (χ0) is 19.1. The molecule has 3 aliphatic rings. The van der Waals surface area contributed by atoms with E-state index in [0.29, 0.717) is 24.9 Å². The molecule has 1 N–H and O–H groups in total. The van der Waals surface area contributed by atoms with Gasteiger partial charge >= 0.3 is 0 Å². The van der Waals surface area contributed by atoms with Crippen LogP contribution in [0.5, 0.6) is 0 Å². The lowest BCUT2D eigenvalue weighted by Crippen LogP contribution is -2.40. The van der Waals surface area contributed by atoms with Gasteiger partial charge in [0.1, 0.15) is 6.04 Å². The van der Waals surface area contributed by atoms with Crippen molar-refractivity contribution in [3.63, 3.8) is 0 Å². The molecule has 1 saturated heterocycles. The number of nitrogens with zero attached hydrogens (tertiary/aromatic N) is 4. The Bertz CT molecular complexity index is 994. The fraction of sp³-hybridized carbons (Fsp3) is 0.600. The SMILES string of the molecule is O=c1c(NC2COCC2n2nc3c(cc2=O)CCCC3)nccn1CC1CC1. The minimum absolute atomic E-state index is 0.102. The molecule has 2 fully saturated rings. The lowest BCUT2D eigenvalue weighted by atomic mass is 9.97. The molecule has 1 aliphatic heterocycles. The first kappa shape index (κ1) is 17.6. The fourth-order valence-electron chi connectivity index (χ4n) is 4.18. The van der Waals surface area contributed by atoms with E-state index in [4.69, 9.17) is 4.74 Å². The van der Waals surface area contributed by atoms with E-state index in [1.54, 1.807) is 27.7 Å². The number of hydrogen-bond donors (Lipinski definition) is 1. The highest BCUT2D eigenvalue weighted by Crippen LogP contribution is 2.30. The van der Waals surface area contributed by atoms with Crippen LogP contribution in [-0.4, -0.2) is 38.6 Å². The van der Waals surface area contributed by atoms with Crippen LogP contribution in [0.2, 0.25) is 0 Å². The minimum atomic E-state index is -0.252. The number of ether oxygens (including phenoxy) is 1. The molecule has 3 heterocycles. The molecule has 5 rings (SSSR count). The average Bonchev–Trinajstić information content (AvgIpc) is 3.40. The number of aryl methyl sites for hydroxylation is 2. The van der Waals surface area contributed by atoms with Crippen LogP contribution in [0.25, 0.3) is 0 Å². The van der Waals surface area contributed by atoms with Crippen LogP contribution in [0.3, 0.4) is 0 Å². The zero-order valence-corrected chi connectivity index (χ0v) is 15.8. The summed E-state index contributed by atoms with van der Waals surface area (Å²) in [5.74, 6) is 0.920. The van der Waals surface area contributed by atoms with Gasteiger partial charge < -0.3 is 14.6 Å². The maximum absolute atomic E-state index is 12.7. The number of fused-ring (bicyclic) bond motifs is 1. The Kier molecular flexibility index (Phi) is 4.50. The van der Waals surface area contributed by atoms with Gasteiger partial charge in [-0.3, -0.25) is 9.59 Å². The van der Waals surface area contributed by atoms with Crippen molar-refractivity contribution in [3.05, 3.63) is 50.4 Å². The normalized spacial score (nSPS) is 24.1. The Labute approximate surface area is 162 Å². The Morgan fingerprint density at radius 2 is 2.04 bits per heavy atom. The molecule has 0 aromatic carbocycles. The molecule has 2 aliphatic carbocycles. The second kappa shape index (κ2) is 7.16. The summed E-state index contributed by atoms with van der Waals surface area (Å²) in [6.07, 6.45) is 9.82. The molecule has 2 aromatic heterocycles. The van der Waals surface area contributed by atoms with E-state index in [1.165, 1.54) is 12.8 Å². The molecular weight excluding hydrogens is 358 g/mol. The van der Waals surface area contributed by atoms with Gasteiger partial charge in [0, 0.05) is 25.0 Å². The van der Waals surface area contributed by atoms with Gasteiger partial charge in [0.25, 0.3) is 11.1 Å². The van der Waals surface area contributed by atoms with Crippen LogP contribution < -0.4 is 16.4 Å². The number of hydrogen-bond acceptors (Lipinski definition) is 6. The van der Waals surface area contributed by atoms with Crippen LogP contribution in [0.4, 0.5) is 5.82 Å². The number of aromatic nitrogens is 4. The molecule has 0 bridgehead atoms. The van der Waals surface area contributed by atoms with E-state index in [9.17, 15) is 9.59 Å². The Balaban J connectivity index is 1.41. The van der Waals surface area contributed by atoms with Crippen molar-refractivity contribution in [3.8, 4) is 0 Å².